The van der Waals surface area contributed by atoms with Gasteiger partial charge in [-0.15, -0.1) is 0 Å². The van der Waals surface area contributed by atoms with Crippen molar-refractivity contribution in [3.8, 4) is 0 Å². The van der Waals surface area contributed by atoms with Crippen LogP contribution in [-0.4, -0.2) is 17.9 Å². The predicted octanol–water partition coefficient (Wildman–Crippen LogP) is 2.36. The van der Waals surface area contributed by atoms with Gasteiger partial charge in [-0.1, -0.05) is 52.4 Å². The lowest BCUT2D eigenvalue weighted by atomic mass is 9.88. The molecule has 4 nitrogen and oxygen atoms in total. The Balaban J connectivity index is 0.000000327. The lowest BCUT2D eigenvalue weighted by Crippen LogP contribution is -2.42. The van der Waals surface area contributed by atoms with Crippen LogP contribution >= 0.6 is 0 Å². The van der Waals surface area contributed by atoms with Gasteiger partial charge in [0.1, 0.15) is 6.04 Å². The first-order chi connectivity index (χ1) is 8.51. The molecule has 0 aromatic carbocycles. The standard InChI is InChI=1S/C8H16.C6H12N2O2/c1-2-8-6-4-3-5-7-8;1-3-5(6(7)10)8-4(2)9/h8H,2-7H2,1H3;5H,3H2,1-2H3,(H2,7,10)(H,8,9)/t;5-/m.0/s1. The van der Waals surface area contributed by atoms with E-state index < -0.39 is 11.9 Å². The smallest absolute Gasteiger partial charge is 0.239 e. The van der Waals surface area contributed by atoms with Crippen LogP contribution in [-0.2, 0) is 9.59 Å². The zero-order valence-electron chi connectivity index (χ0n) is 12.0. The zero-order chi connectivity index (χ0) is 14.0. The number of hydrogen-bond donors (Lipinski definition) is 2. The Morgan fingerprint density at radius 2 is 1.78 bits per heavy atom. The fourth-order valence-electron chi connectivity index (χ4n) is 2.22. The Hall–Kier alpha value is -1.06. The Morgan fingerprint density at radius 1 is 1.22 bits per heavy atom. The monoisotopic (exact) mass is 256 g/mol. The molecular formula is C14H28N2O2. The van der Waals surface area contributed by atoms with Crippen molar-refractivity contribution in [1.29, 1.82) is 0 Å². The van der Waals surface area contributed by atoms with E-state index in [1.807, 2.05) is 0 Å². The molecule has 1 aliphatic rings. The van der Waals surface area contributed by atoms with Crippen LogP contribution in [0.4, 0.5) is 0 Å². The second kappa shape index (κ2) is 9.92. The molecule has 4 heteroatoms. The van der Waals surface area contributed by atoms with E-state index in [1.54, 1.807) is 6.92 Å². The maximum atomic E-state index is 10.5. The van der Waals surface area contributed by atoms with Gasteiger partial charge in [0, 0.05) is 6.92 Å². The summed E-state index contributed by atoms with van der Waals surface area (Å²) in [6.45, 7) is 5.45. The molecule has 0 aromatic rings. The fraction of sp³-hybridized carbons (Fsp3) is 0.857. The van der Waals surface area contributed by atoms with E-state index in [4.69, 9.17) is 5.73 Å². The Bertz CT molecular complexity index is 248. The molecule has 2 amide bonds. The van der Waals surface area contributed by atoms with Gasteiger partial charge in [0.15, 0.2) is 0 Å². The molecule has 1 atom stereocenters. The van der Waals surface area contributed by atoms with Gasteiger partial charge in [0.25, 0.3) is 0 Å². The number of amides is 2. The summed E-state index contributed by atoms with van der Waals surface area (Å²) >= 11 is 0. The largest absolute Gasteiger partial charge is 0.368 e. The molecule has 1 aliphatic carbocycles. The molecule has 106 valence electrons. The SMILES string of the molecule is CCC1CCCCC1.CC[C@H](NC(C)=O)C(N)=O. The molecule has 0 bridgehead atoms. The van der Waals surface area contributed by atoms with Crippen molar-refractivity contribution in [2.75, 3.05) is 0 Å². The highest BCUT2D eigenvalue weighted by atomic mass is 16.2. The number of primary amides is 1. The summed E-state index contributed by atoms with van der Waals surface area (Å²) in [5.74, 6) is 0.368. The first-order valence-electron chi connectivity index (χ1n) is 7.07. The van der Waals surface area contributed by atoms with Crippen molar-refractivity contribution in [3.05, 3.63) is 0 Å². The van der Waals surface area contributed by atoms with Gasteiger partial charge in [0.05, 0.1) is 0 Å². The molecule has 1 fully saturated rings. The first kappa shape index (κ1) is 16.9. The van der Waals surface area contributed by atoms with Crippen LogP contribution in [0.5, 0.6) is 0 Å². The molecule has 0 unspecified atom stereocenters. The Labute approximate surface area is 111 Å². The second-order valence-electron chi connectivity index (χ2n) is 4.98. The van der Waals surface area contributed by atoms with Crippen molar-refractivity contribution in [1.82, 2.24) is 5.32 Å². The molecule has 0 spiro atoms. The Morgan fingerprint density at radius 3 is 2.00 bits per heavy atom. The summed E-state index contributed by atoms with van der Waals surface area (Å²) < 4.78 is 0. The minimum absolute atomic E-state index is 0.231. The highest BCUT2D eigenvalue weighted by molar-refractivity contribution is 5.85. The average Bonchev–Trinajstić information content (AvgIpc) is 2.37. The summed E-state index contributed by atoms with van der Waals surface area (Å²) in [6.07, 6.45) is 9.47. The van der Waals surface area contributed by atoms with E-state index in [0.29, 0.717) is 6.42 Å². The average molecular weight is 256 g/mol. The van der Waals surface area contributed by atoms with Crippen LogP contribution in [0.25, 0.3) is 0 Å². The van der Waals surface area contributed by atoms with Crippen LogP contribution in [0.2, 0.25) is 0 Å². The molecule has 0 heterocycles. The number of nitrogens with one attached hydrogen (secondary N) is 1. The third-order valence-electron chi connectivity index (χ3n) is 3.43. The van der Waals surface area contributed by atoms with E-state index >= 15 is 0 Å². The Kier molecular flexibility index (Phi) is 9.33. The van der Waals surface area contributed by atoms with Crippen molar-refractivity contribution in [2.45, 2.75) is 71.8 Å². The number of rotatable bonds is 4. The van der Waals surface area contributed by atoms with E-state index in [9.17, 15) is 9.59 Å². The second-order valence-corrected chi connectivity index (χ2v) is 4.98. The molecule has 0 saturated heterocycles. The minimum Gasteiger partial charge on any atom is -0.368 e. The normalized spacial score (nSPS) is 17.3. The number of hydrogen-bond acceptors (Lipinski definition) is 2. The van der Waals surface area contributed by atoms with E-state index in [0.717, 1.165) is 5.92 Å². The topological polar surface area (TPSA) is 72.2 Å². The molecular weight excluding hydrogens is 228 g/mol. The van der Waals surface area contributed by atoms with Gasteiger partial charge in [-0.3, -0.25) is 9.59 Å². The third-order valence-corrected chi connectivity index (χ3v) is 3.43. The summed E-state index contributed by atoms with van der Waals surface area (Å²) in [6, 6.07) is -0.516. The minimum atomic E-state index is -0.516. The third kappa shape index (κ3) is 8.09. The van der Waals surface area contributed by atoms with Crippen LogP contribution in [0, 0.1) is 5.92 Å². The van der Waals surface area contributed by atoms with Crippen LogP contribution in [0.15, 0.2) is 0 Å². The van der Waals surface area contributed by atoms with Crippen molar-refractivity contribution < 1.29 is 9.59 Å². The molecule has 3 N–H and O–H groups in total. The highest BCUT2D eigenvalue weighted by Gasteiger charge is 2.12. The van der Waals surface area contributed by atoms with Gasteiger partial charge >= 0.3 is 0 Å². The molecule has 0 aliphatic heterocycles. The first-order valence-corrected chi connectivity index (χ1v) is 7.07. The van der Waals surface area contributed by atoms with Crippen LogP contribution < -0.4 is 11.1 Å². The summed E-state index contributed by atoms with van der Waals surface area (Å²) in [5, 5.41) is 2.42. The van der Waals surface area contributed by atoms with E-state index in [-0.39, 0.29) is 5.91 Å². The summed E-state index contributed by atoms with van der Waals surface area (Å²) in [4.78, 5) is 20.9. The lowest BCUT2D eigenvalue weighted by molar-refractivity contribution is -0.126. The zero-order valence-corrected chi connectivity index (χ0v) is 12.0. The fourth-order valence-corrected chi connectivity index (χ4v) is 2.22. The van der Waals surface area contributed by atoms with Gasteiger partial charge in [0.2, 0.25) is 11.8 Å². The summed E-state index contributed by atoms with van der Waals surface area (Å²) in [7, 11) is 0. The molecule has 0 radical (unpaired) electrons. The quantitative estimate of drug-likeness (QED) is 0.810. The highest BCUT2D eigenvalue weighted by Crippen LogP contribution is 2.25. The maximum absolute atomic E-state index is 10.5. The van der Waals surface area contributed by atoms with Gasteiger partial charge in [-0.25, -0.2) is 0 Å². The van der Waals surface area contributed by atoms with E-state index in [1.165, 1.54) is 45.4 Å². The van der Waals surface area contributed by atoms with Gasteiger partial charge in [-0.05, 0) is 12.3 Å². The number of carbonyl (C=O) groups is 2. The predicted molar refractivity (Wildman–Crippen MR) is 74.0 cm³/mol. The number of nitrogens with two attached hydrogens (primary N) is 1. The lowest BCUT2D eigenvalue weighted by Gasteiger charge is -2.18. The van der Waals surface area contributed by atoms with Gasteiger partial charge < -0.3 is 11.1 Å². The number of carbonyl (C=O) groups excluding carboxylic acids is 2. The maximum Gasteiger partial charge on any atom is 0.239 e. The molecule has 0 aromatic heterocycles. The van der Waals surface area contributed by atoms with E-state index in [2.05, 4.69) is 12.2 Å². The molecule has 1 rings (SSSR count). The molecule has 18 heavy (non-hydrogen) atoms. The van der Waals surface area contributed by atoms with Crippen molar-refractivity contribution in [2.24, 2.45) is 11.7 Å². The molecule has 1 saturated carbocycles. The van der Waals surface area contributed by atoms with Crippen molar-refractivity contribution >= 4 is 11.8 Å². The van der Waals surface area contributed by atoms with Gasteiger partial charge in [-0.2, -0.15) is 0 Å². The van der Waals surface area contributed by atoms with Crippen LogP contribution in [0.3, 0.4) is 0 Å². The summed E-state index contributed by atoms with van der Waals surface area (Å²) in [5.41, 5.74) is 4.94. The van der Waals surface area contributed by atoms with Crippen molar-refractivity contribution in [3.63, 3.8) is 0 Å². The van der Waals surface area contributed by atoms with Crippen LogP contribution in [0.1, 0.15) is 65.7 Å².